The van der Waals surface area contributed by atoms with E-state index in [9.17, 15) is 19.7 Å². The highest BCUT2D eigenvalue weighted by Gasteiger charge is 2.23. The molecule has 0 saturated heterocycles. The number of benzene rings is 2. The van der Waals surface area contributed by atoms with Crippen LogP contribution in [0.25, 0.3) is 5.69 Å². The summed E-state index contributed by atoms with van der Waals surface area (Å²) in [6, 6.07) is 13.1. The van der Waals surface area contributed by atoms with Crippen LogP contribution in [0.3, 0.4) is 0 Å². The molecule has 1 aromatic heterocycles. The number of nitrogens with one attached hydrogen (secondary N) is 1. The number of nitro benzene ring substituents is 1. The number of aromatic nitrogens is 2. The van der Waals surface area contributed by atoms with Gasteiger partial charge in [-0.05, 0) is 32.0 Å². The van der Waals surface area contributed by atoms with E-state index < -0.39 is 16.8 Å². The summed E-state index contributed by atoms with van der Waals surface area (Å²) in [7, 11) is 0. The zero-order chi connectivity index (χ0) is 21.0. The van der Waals surface area contributed by atoms with E-state index in [2.05, 4.69) is 10.4 Å². The van der Waals surface area contributed by atoms with Crippen LogP contribution in [-0.2, 0) is 4.74 Å². The molecule has 0 spiro atoms. The number of carbonyl (C=O) groups is 2. The van der Waals surface area contributed by atoms with Gasteiger partial charge in [-0.2, -0.15) is 5.10 Å². The number of esters is 1. The first-order valence-electron chi connectivity index (χ1n) is 8.79. The minimum atomic E-state index is -0.639. The second-order valence-electron chi connectivity index (χ2n) is 6.09. The molecule has 0 atom stereocenters. The van der Waals surface area contributed by atoms with Gasteiger partial charge in [0, 0.05) is 17.2 Å². The van der Waals surface area contributed by atoms with Gasteiger partial charge in [0.05, 0.1) is 23.4 Å². The smallest absolute Gasteiger partial charge is 0.343 e. The molecule has 9 nitrogen and oxygen atoms in total. The highest BCUT2D eigenvalue weighted by Crippen LogP contribution is 2.24. The minimum Gasteiger partial charge on any atom is -0.462 e. The average molecular weight is 394 g/mol. The number of hydrogen-bond donors (Lipinski definition) is 1. The lowest BCUT2D eigenvalue weighted by Crippen LogP contribution is -2.18. The average Bonchev–Trinajstić information content (AvgIpc) is 3.12. The largest absolute Gasteiger partial charge is 0.462 e. The molecule has 2 aromatic carbocycles. The fraction of sp³-hybridized carbons (Fsp3) is 0.150. The summed E-state index contributed by atoms with van der Waals surface area (Å²) < 4.78 is 6.43. The van der Waals surface area contributed by atoms with Gasteiger partial charge in [0.1, 0.15) is 5.56 Å². The van der Waals surface area contributed by atoms with Crippen molar-refractivity contribution in [3.63, 3.8) is 0 Å². The number of para-hydroxylation sites is 1. The summed E-state index contributed by atoms with van der Waals surface area (Å²) in [6.45, 7) is 3.42. The second kappa shape index (κ2) is 8.34. The molecular formula is C20H18N4O5. The fourth-order valence-corrected chi connectivity index (χ4v) is 2.72. The van der Waals surface area contributed by atoms with E-state index in [0.717, 1.165) is 0 Å². The molecular weight excluding hydrogens is 376 g/mol. The standard InChI is InChI=1S/C20H18N4O5/c1-3-29-20(26)16-12-21-23(15-7-5-4-6-8-15)18(16)22-19(25)14-10-9-13(2)17(11-14)24(27)28/h4-12H,3H2,1-2H3,(H,22,25). The number of aryl methyl sites for hydroxylation is 1. The first-order chi connectivity index (χ1) is 13.9. The van der Waals surface area contributed by atoms with Crippen molar-refractivity contribution in [3.05, 3.63) is 81.5 Å². The molecule has 0 radical (unpaired) electrons. The maximum Gasteiger partial charge on any atom is 0.343 e. The third-order valence-corrected chi connectivity index (χ3v) is 4.17. The van der Waals surface area contributed by atoms with Crippen molar-refractivity contribution in [2.45, 2.75) is 13.8 Å². The Kier molecular flexibility index (Phi) is 5.68. The third kappa shape index (κ3) is 4.13. The van der Waals surface area contributed by atoms with Gasteiger partial charge < -0.3 is 10.1 Å². The topological polar surface area (TPSA) is 116 Å². The summed E-state index contributed by atoms with van der Waals surface area (Å²) >= 11 is 0. The fourth-order valence-electron chi connectivity index (χ4n) is 2.72. The van der Waals surface area contributed by atoms with Gasteiger partial charge in [-0.25, -0.2) is 9.48 Å². The van der Waals surface area contributed by atoms with E-state index in [0.29, 0.717) is 11.3 Å². The van der Waals surface area contributed by atoms with E-state index in [-0.39, 0.29) is 29.2 Å². The van der Waals surface area contributed by atoms with Gasteiger partial charge in [0.25, 0.3) is 11.6 Å². The Morgan fingerprint density at radius 1 is 1.21 bits per heavy atom. The van der Waals surface area contributed by atoms with E-state index in [1.807, 2.05) is 6.07 Å². The van der Waals surface area contributed by atoms with Crippen LogP contribution in [-0.4, -0.2) is 33.2 Å². The van der Waals surface area contributed by atoms with Crippen LogP contribution >= 0.6 is 0 Å². The van der Waals surface area contributed by atoms with Crippen molar-refractivity contribution in [3.8, 4) is 5.69 Å². The second-order valence-corrected chi connectivity index (χ2v) is 6.09. The minimum absolute atomic E-state index is 0.0747. The summed E-state index contributed by atoms with van der Waals surface area (Å²) in [6.07, 6.45) is 1.30. The number of anilines is 1. The lowest BCUT2D eigenvalue weighted by atomic mass is 10.1. The van der Waals surface area contributed by atoms with Crippen LogP contribution in [0, 0.1) is 17.0 Å². The molecule has 0 aliphatic heterocycles. The monoisotopic (exact) mass is 394 g/mol. The first-order valence-corrected chi connectivity index (χ1v) is 8.79. The Balaban J connectivity index is 2.02. The van der Waals surface area contributed by atoms with Crippen LogP contribution in [0.15, 0.2) is 54.7 Å². The summed E-state index contributed by atoms with van der Waals surface area (Å²) in [5, 5.41) is 18.0. The maximum absolute atomic E-state index is 12.8. The Hall–Kier alpha value is -4.01. The number of amides is 1. The highest BCUT2D eigenvalue weighted by atomic mass is 16.6. The van der Waals surface area contributed by atoms with Gasteiger partial charge in [-0.3, -0.25) is 14.9 Å². The van der Waals surface area contributed by atoms with Gasteiger partial charge in [0.15, 0.2) is 5.82 Å². The van der Waals surface area contributed by atoms with Crippen LogP contribution in [0.5, 0.6) is 0 Å². The van der Waals surface area contributed by atoms with Gasteiger partial charge in [-0.15, -0.1) is 0 Å². The predicted octanol–water partition coefficient (Wildman–Crippen LogP) is 3.52. The molecule has 1 N–H and O–H groups in total. The molecule has 0 aliphatic rings. The van der Waals surface area contributed by atoms with Gasteiger partial charge in [0.2, 0.25) is 0 Å². The van der Waals surface area contributed by atoms with Gasteiger partial charge in [-0.1, -0.05) is 24.3 Å². The van der Waals surface area contributed by atoms with Crippen molar-refractivity contribution in [2.75, 3.05) is 11.9 Å². The van der Waals surface area contributed by atoms with Crippen LogP contribution in [0.4, 0.5) is 11.5 Å². The molecule has 148 valence electrons. The number of ether oxygens (including phenoxy) is 1. The van der Waals surface area contributed by atoms with E-state index >= 15 is 0 Å². The first kappa shape index (κ1) is 19.7. The number of hydrogen-bond acceptors (Lipinski definition) is 6. The van der Waals surface area contributed by atoms with E-state index in [1.54, 1.807) is 38.1 Å². The molecule has 0 bridgehead atoms. The van der Waals surface area contributed by atoms with Gasteiger partial charge >= 0.3 is 5.97 Å². The lowest BCUT2D eigenvalue weighted by Gasteiger charge is -2.11. The van der Waals surface area contributed by atoms with E-state index in [1.165, 1.54) is 29.1 Å². The quantitative estimate of drug-likeness (QED) is 0.388. The molecule has 0 saturated carbocycles. The molecule has 1 amide bonds. The van der Waals surface area contributed by atoms with Crippen molar-refractivity contribution in [1.82, 2.24) is 9.78 Å². The maximum atomic E-state index is 12.8. The molecule has 0 fully saturated rings. The van der Waals surface area contributed by atoms with Crippen molar-refractivity contribution in [2.24, 2.45) is 0 Å². The molecule has 3 aromatic rings. The highest BCUT2D eigenvalue weighted by molar-refractivity contribution is 6.07. The molecule has 1 heterocycles. The number of nitro groups is 1. The molecule has 29 heavy (non-hydrogen) atoms. The van der Waals surface area contributed by atoms with Crippen LogP contribution < -0.4 is 5.32 Å². The summed E-state index contributed by atoms with van der Waals surface area (Å²) in [4.78, 5) is 35.7. The third-order valence-electron chi connectivity index (χ3n) is 4.17. The number of nitrogens with zero attached hydrogens (tertiary/aromatic N) is 3. The summed E-state index contributed by atoms with van der Waals surface area (Å²) in [5.41, 5.74) is 1.05. The Morgan fingerprint density at radius 2 is 1.93 bits per heavy atom. The molecule has 0 aliphatic carbocycles. The Labute approximate surface area is 166 Å². The lowest BCUT2D eigenvalue weighted by molar-refractivity contribution is -0.385. The SMILES string of the molecule is CCOC(=O)c1cnn(-c2ccccc2)c1NC(=O)c1ccc(C)c([N+](=O)[O-])c1. The number of rotatable bonds is 6. The zero-order valence-electron chi connectivity index (χ0n) is 15.8. The van der Waals surface area contributed by atoms with Crippen LogP contribution in [0.2, 0.25) is 0 Å². The molecule has 0 unspecified atom stereocenters. The Morgan fingerprint density at radius 3 is 2.59 bits per heavy atom. The van der Waals surface area contributed by atoms with Crippen molar-refractivity contribution < 1.29 is 19.2 Å². The zero-order valence-corrected chi connectivity index (χ0v) is 15.8. The molecule has 9 heteroatoms. The Bertz CT molecular complexity index is 1080. The normalized spacial score (nSPS) is 10.4. The summed E-state index contributed by atoms with van der Waals surface area (Å²) in [5.74, 6) is -1.14. The van der Waals surface area contributed by atoms with Crippen LogP contribution in [0.1, 0.15) is 33.2 Å². The predicted molar refractivity (Wildman–Crippen MR) is 105 cm³/mol. The van der Waals surface area contributed by atoms with Crippen molar-refractivity contribution >= 4 is 23.4 Å². The number of carbonyl (C=O) groups excluding carboxylic acids is 2. The molecule has 3 rings (SSSR count). The van der Waals surface area contributed by atoms with Crippen molar-refractivity contribution in [1.29, 1.82) is 0 Å². The van der Waals surface area contributed by atoms with E-state index in [4.69, 9.17) is 4.74 Å².